The van der Waals surface area contributed by atoms with Crippen LogP contribution in [-0.4, -0.2) is 23.0 Å². The Labute approximate surface area is 124 Å². The third-order valence-corrected chi connectivity index (χ3v) is 3.40. The summed E-state index contributed by atoms with van der Waals surface area (Å²) in [4.78, 5) is 13.8. The van der Waals surface area contributed by atoms with Crippen molar-refractivity contribution in [3.8, 4) is 0 Å². The number of aryl methyl sites for hydroxylation is 1. The van der Waals surface area contributed by atoms with E-state index in [1.807, 2.05) is 6.92 Å². The number of amides is 1. The van der Waals surface area contributed by atoms with E-state index in [0.717, 1.165) is 10.2 Å². The lowest BCUT2D eigenvalue weighted by Gasteiger charge is -2.16. The van der Waals surface area contributed by atoms with Crippen LogP contribution in [0.3, 0.4) is 0 Å². The van der Waals surface area contributed by atoms with E-state index >= 15 is 0 Å². The lowest BCUT2D eigenvalue weighted by atomic mass is 10.2. The number of benzene rings is 1. The second-order valence-corrected chi connectivity index (χ2v) is 5.54. The zero-order valence-electron chi connectivity index (χ0n) is 10.5. The van der Waals surface area contributed by atoms with E-state index in [1.165, 1.54) is 0 Å². The molecule has 0 spiro atoms. The predicted octanol–water partition coefficient (Wildman–Crippen LogP) is 3.67. The monoisotopic (exact) mass is 342 g/mol. The van der Waals surface area contributed by atoms with E-state index in [9.17, 15) is 4.79 Å². The lowest BCUT2D eigenvalue weighted by molar-refractivity contribution is 0.0782. The van der Waals surface area contributed by atoms with Crippen LogP contribution in [0, 0.1) is 6.92 Å². The highest BCUT2D eigenvalue weighted by molar-refractivity contribution is 9.10. The minimum atomic E-state index is -0.160. The molecule has 2 rings (SSSR count). The van der Waals surface area contributed by atoms with Crippen LogP contribution in [0.15, 0.2) is 33.3 Å². The molecule has 1 amide bonds. The molecule has 0 unspecified atom stereocenters. The predicted molar refractivity (Wildman–Crippen MR) is 76.2 cm³/mol. The van der Waals surface area contributed by atoms with E-state index in [4.69, 9.17) is 16.1 Å². The van der Waals surface area contributed by atoms with Crippen molar-refractivity contribution in [2.75, 3.05) is 7.05 Å². The van der Waals surface area contributed by atoms with Gasteiger partial charge in [0.25, 0.3) is 5.91 Å². The first kappa shape index (κ1) is 14.1. The van der Waals surface area contributed by atoms with Gasteiger partial charge in [-0.3, -0.25) is 4.79 Å². The molecular formula is C13H12BrClN2O2. The fourth-order valence-electron chi connectivity index (χ4n) is 1.67. The van der Waals surface area contributed by atoms with Gasteiger partial charge in [-0.1, -0.05) is 32.7 Å². The molecule has 1 aromatic heterocycles. The maximum atomic E-state index is 12.3. The van der Waals surface area contributed by atoms with Gasteiger partial charge in [-0.25, -0.2) is 0 Å². The van der Waals surface area contributed by atoms with Crippen LogP contribution in [0.5, 0.6) is 0 Å². The summed E-state index contributed by atoms with van der Waals surface area (Å²) in [6, 6.07) is 6.98. The first-order valence-corrected chi connectivity index (χ1v) is 6.77. The topological polar surface area (TPSA) is 46.3 Å². The number of halogens is 2. The van der Waals surface area contributed by atoms with Crippen molar-refractivity contribution in [2.24, 2.45) is 0 Å². The standard InChI is InChI=1S/C13H12BrClN2O2/c1-8-5-10(16-19-8)7-17(2)13(18)11-6-9(14)3-4-12(11)15/h3-6H,7H2,1-2H3. The molecule has 0 saturated carbocycles. The van der Waals surface area contributed by atoms with Crippen LogP contribution >= 0.6 is 27.5 Å². The Morgan fingerprint density at radius 1 is 1.47 bits per heavy atom. The highest BCUT2D eigenvalue weighted by atomic mass is 79.9. The van der Waals surface area contributed by atoms with Gasteiger partial charge in [0.05, 0.1) is 17.1 Å². The van der Waals surface area contributed by atoms with Crippen molar-refractivity contribution in [3.05, 3.63) is 50.8 Å². The maximum Gasteiger partial charge on any atom is 0.255 e. The third-order valence-electron chi connectivity index (χ3n) is 2.58. The summed E-state index contributed by atoms with van der Waals surface area (Å²) in [7, 11) is 1.70. The molecule has 0 radical (unpaired) electrons. The molecule has 0 bridgehead atoms. The molecule has 0 N–H and O–H groups in total. The van der Waals surface area contributed by atoms with Gasteiger partial charge >= 0.3 is 0 Å². The molecule has 0 saturated heterocycles. The molecule has 0 aliphatic heterocycles. The fourth-order valence-corrected chi connectivity index (χ4v) is 2.23. The van der Waals surface area contributed by atoms with Gasteiger partial charge in [0.1, 0.15) is 11.5 Å². The Kier molecular flexibility index (Phi) is 4.27. The Bertz CT molecular complexity index is 612. The molecule has 2 aromatic rings. The quantitative estimate of drug-likeness (QED) is 0.854. The zero-order valence-corrected chi connectivity index (χ0v) is 12.8. The smallest absolute Gasteiger partial charge is 0.255 e. The zero-order chi connectivity index (χ0) is 14.0. The maximum absolute atomic E-state index is 12.3. The number of carbonyl (C=O) groups is 1. The molecular weight excluding hydrogens is 332 g/mol. The molecule has 19 heavy (non-hydrogen) atoms. The molecule has 0 fully saturated rings. The molecule has 0 aliphatic rings. The van der Waals surface area contributed by atoms with Crippen LogP contribution in [0.25, 0.3) is 0 Å². The largest absolute Gasteiger partial charge is 0.361 e. The second-order valence-electron chi connectivity index (χ2n) is 4.21. The summed E-state index contributed by atoms with van der Waals surface area (Å²) < 4.78 is 5.78. The molecule has 4 nitrogen and oxygen atoms in total. The summed E-state index contributed by atoms with van der Waals surface area (Å²) in [5.74, 6) is 0.559. The number of hydrogen-bond acceptors (Lipinski definition) is 3. The summed E-state index contributed by atoms with van der Waals surface area (Å²) in [5, 5.41) is 4.29. The first-order valence-electron chi connectivity index (χ1n) is 5.60. The van der Waals surface area contributed by atoms with Crippen molar-refractivity contribution < 1.29 is 9.32 Å². The minimum absolute atomic E-state index is 0.160. The normalized spacial score (nSPS) is 10.5. The van der Waals surface area contributed by atoms with Crippen molar-refractivity contribution in [2.45, 2.75) is 13.5 Å². The van der Waals surface area contributed by atoms with Crippen molar-refractivity contribution in [1.29, 1.82) is 0 Å². The lowest BCUT2D eigenvalue weighted by Crippen LogP contribution is -2.26. The van der Waals surface area contributed by atoms with Gasteiger partial charge in [0, 0.05) is 17.6 Å². The van der Waals surface area contributed by atoms with E-state index in [2.05, 4.69) is 21.1 Å². The Hall–Kier alpha value is -1.33. The van der Waals surface area contributed by atoms with Gasteiger partial charge in [-0.15, -0.1) is 0 Å². The highest BCUT2D eigenvalue weighted by Gasteiger charge is 2.17. The molecule has 0 atom stereocenters. The number of nitrogens with zero attached hydrogens (tertiary/aromatic N) is 2. The van der Waals surface area contributed by atoms with E-state index in [1.54, 1.807) is 36.2 Å². The van der Waals surface area contributed by atoms with E-state index in [-0.39, 0.29) is 5.91 Å². The first-order chi connectivity index (χ1) is 8.97. The molecule has 1 aromatic carbocycles. The Morgan fingerprint density at radius 2 is 2.21 bits per heavy atom. The second kappa shape index (κ2) is 5.75. The number of carbonyl (C=O) groups excluding carboxylic acids is 1. The summed E-state index contributed by atoms with van der Waals surface area (Å²) in [6.45, 7) is 2.18. The van der Waals surface area contributed by atoms with Gasteiger partial charge in [-0.2, -0.15) is 0 Å². The van der Waals surface area contributed by atoms with Crippen molar-refractivity contribution >= 4 is 33.4 Å². The average molecular weight is 344 g/mol. The number of hydrogen-bond donors (Lipinski definition) is 0. The van der Waals surface area contributed by atoms with Crippen LogP contribution in [0.1, 0.15) is 21.8 Å². The summed E-state index contributed by atoms with van der Waals surface area (Å²) >= 11 is 9.37. The van der Waals surface area contributed by atoms with Crippen LogP contribution < -0.4 is 0 Å². The van der Waals surface area contributed by atoms with E-state index < -0.39 is 0 Å². The summed E-state index contributed by atoms with van der Waals surface area (Å²) in [5.41, 5.74) is 1.17. The fraction of sp³-hybridized carbons (Fsp3) is 0.231. The minimum Gasteiger partial charge on any atom is -0.361 e. The Balaban J connectivity index is 2.16. The molecule has 0 aliphatic carbocycles. The summed E-state index contributed by atoms with van der Waals surface area (Å²) in [6.07, 6.45) is 0. The molecule has 1 heterocycles. The van der Waals surface area contributed by atoms with E-state index in [0.29, 0.717) is 22.8 Å². The SMILES string of the molecule is Cc1cc(CN(C)C(=O)c2cc(Br)ccc2Cl)no1. The average Bonchev–Trinajstić information content (AvgIpc) is 2.77. The number of aromatic nitrogens is 1. The van der Waals surface area contributed by atoms with Gasteiger partial charge in [0.2, 0.25) is 0 Å². The van der Waals surface area contributed by atoms with Gasteiger partial charge in [-0.05, 0) is 25.1 Å². The van der Waals surface area contributed by atoms with Crippen molar-refractivity contribution in [3.63, 3.8) is 0 Å². The number of rotatable bonds is 3. The van der Waals surface area contributed by atoms with Gasteiger partial charge < -0.3 is 9.42 Å². The van der Waals surface area contributed by atoms with Crippen molar-refractivity contribution in [1.82, 2.24) is 10.1 Å². The highest BCUT2D eigenvalue weighted by Crippen LogP contribution is 2.22. The molecule has 6 heteroatoms. The Morgan fingerprint density at radius 3 is 2.84 bits per heavy atom. The molecule has 100 valence electrons. The van der Waals surface area contributed by atoms with Crippen LogP contribution in [-0.2, 0) is 6.54 Å². The van der Waals surface area contributed by atoms with Crippen LogP contribution in [0.4, 0.5) is 0 Å². The van der Waals surface area contributed by atoms with Gasteiger partial charge in [0.15, 0.2) is 0 Å². The van der Waals surface area contributed by atoms with Crippen LogP contribution in [0.2, 0.25) is 5.02 Å². The third kappa shape index (κ3) is 3.36.